The summed E-state index contributed by atoms with van der Waals surface area (Å²) in [7, 11) is 0. The van der Waals surface area contributed by atoms with Crippen molar-refractivity contribution in [1.29, 1.82) is 0 Å². The van der Waals surface area contributed by atoms with Crippen molar-refractivity contribution in [3.05, 3.63) is 57.2 Å². The van der Waals surface area contributed by atoms with Crippen molar-refractivity contribution in [2.24, 2.45) is 0 Å². The van der Waals surface area contributed by atoms with E-state index < -0.39 is 11.9 Å². The number of hydrogen-bond donors (Lipinski definition) is 0. The maximum absolute atomic E-state index is 12.4. The van der Waals surface area contributed by atoms with E-state index in [0.717, 1.165) is 37.9 Å². The summed E-state index contributed by atoms with van der Waals surface area (Å²) >= 11 is 1.68. The van der Waals surface area contributed by atoms with Gasteiger partial charge in [-0.25, -0.2) is 0 Å². The highest BCUT2D eigenvalue weighted by Gasteiger charge is 2.40. The summed E-state index contributed by atoms with van der Waals surface area (Å²) in [5, 5.41) is 0. The van der Waals surface area contributed by atoms with Gasteiger partial charge in [-0.1, -0.05) is 32.3 Å². The lowest BCUT2D eigenvalue weighted by Crippen LogP contribution is -2.36. The Morgan fingerprint density at radius 1 is 1.19 bits per heavy atom. The highest BCUT2D eigenvalue weighted by Crippen LogP contribution is 2.44. The Kier molecular flexibility index (Phi) is 8.73. The predicted octanol–water partition coefficient (Wildman–Crippen LogP) is 7.34. The molecule has 0 unspecified atom stereocenters. The molecule has 2 aromatic heterocycles. The SMILES string of the molecule is CCCCc1cnc(C(F)(F)F)c(I)c1.c1ccc([C@@H]2CCOC3(CCCC3)C2)nc1. The van der Waals surface area contributed by atoms with E-state index in [4.69, 9.17) is 4.74 Å². The van der Waals surface area contributed by atoms with Gasteiger partial charge in [-0.3, -0.25) is 9.97 Å². The molecule has 3 heterocycles. The van der Waals surface area contributed by atoms with Gasteiger partial charge in [-0.15, -0.1) is 0 Å². The molecule has 1 atom stereocenters. The minimum atomic E-state index is -4.35. The van der Waals surface area contributed by atoms with Crippen LogP contribution in [0.5, 0.6) is 0 Å². The summed E-state index contributed by atoms with van der Waals surface area (Å²) in [6.45, 7) is 2.96. The molecule has 0 amide bonds. The molecule has 1 aliphatic heterocycles. The molecule has 1 spiro atoms. The first-order valence-electron chi connectivity index (χ1n) is 11.1. The van der Waals surface area contributed by atoms with Crippen LogP contribution in [-0.4, -0.2) is 22.2 Å². The molecule has 0 bridgehead atoms. The summed E-state index contributed by atoms with van der Waals surface area (Å²) in [4.78, 5) is 7.97. The second-order valence-electron chi connectivity index (χ2n) is 8.46. The van der Waals surface area contributed by atoms with Crippen molar-refractivity contribution in [3.8, 4) is 0 Å². The first-order chi connectivity index (χ1) is 14.8. The molecule has 1 aliphatic carbocycles. The molecule has 2 aliphatic rings. The van der Waals surface area contributed by atoms with E-state index in [9.17, 15) is 13.2 Å². The van der Waals surface area contributed by atoms with Crippen molar-refractivity contribution in [2.45, 2.75) is 82.4 Å². The summed E-state index contributed by atoms with van der Waals surface area (Å²) in [5.41, 5.74) is 1.55. The zero-order valence-corrected chi connectivity index (χ0v) is 20.1. The van der Waals surface area contributed by atoms with Crippen molar-refractivity contribution < 1.29 is 17.9 Å². The molecule has 0 N–H and O–H groups in total. The predicted molar refractivity (Wildman–Crippen MR) is 124 cm³/mol. The Balaban J connectivity index is 0.000000176. The number of nitrogens with zero attached hydrogens (tertiary/aromatic N) is 2. The lowest BCUT2D eigenvalue weighted by atomic mass is 9.83. The van der Waals surface area contributed by atoms with Gasteiger partial charge in [0, 0.05) is 34.2 Å². The minimum Gasteiger partial charge on any atom is -0.375 e. The van der Waals surface area contributed by atoms with Crippen LogP contribution >= 0.6 is 22.6 Å². The standard InChI is InChI=1S/C14H19NO.C10H11F3IN/c1-4-9-15-13(5-1)12-6-10-16-14(11-12)7-2-3-8-14;1-2-3-4-7-5-8(14)9(15-6-7)10(11,12)13/h1,4-5,9,12H,2-3,6-8,10-11H2;5-6H,2-4H2,1H3/t12-;/m1./s1. The van der Waals surface area contributed by atoms with Crippen LogP contribution in [0.1, 0.15) is 81.2 Å². The van der Waals surface area contributed by atoms with Crippen LogP contribution in [0.3, 0.4) is 0 Å². The van der Waals surface area contributed by atoms with Crippen LogP contribution in [0.25, 0.3) is 0 Å². The van der Waals surface area contributed by atoms with E-state index in [-0.39, 0.29) is 9.17 Å². The van der Waals surface area contributed by atoms with E-state index in [2.05, 4.69) is 22.1 Å². The van der Waals surface area contributed by atoms with Crippen molar-refractivity contribution >= 4 is 22.6 Å². The highest BCUT2D eigenvalue weighted by atomic mass is 127. The molecular formula is C24H30F3IN2O. The second-order valence-corrected chi connectivity index (χ2v) is 9.62. The second kappa shape index (κ2) is 11.1. The smallest absolute Gasteiger partial charge is 0.375 e. The summed E-state index contributed by atoms with van der Waals surface area (Å²) in [5.74, 6) is 0.619. The van der Waals surface area contributed by atoms with Gasteiger partial charge < -0.3 is 4.74 Å². The van der Waals surface area contributed by atoms with E-state index >= 15 is 0 Å². The molecule has 1 saturated carbocycles. The number of aromatic nitrogens is 2. The Morgan fingerprint density at radius 3 is 2.58 bits per heavy atom. The van der Waals surface area contributed by atoms with Gasteiger partial charge >= 0.3 is 6.18 Å². The largest absolute Gasteiger partial charge is 0.434 e. The monoisotopic (exact) mass is 546 g/mol. The number of aryl methyl sites for hydroxylation is 1. The first-order valence-corrected chi connectivity index (χ1v) is 12.2. The fourth-order valence-electron chi connectivity index (χ4n) is 4.47. The summed E-state index contributed by atoms with van der Waals surface area (Å²) < 4.78 is 43.3. The zero-order valence-electron chi connectivity index (χ0n) is 17.9. The molecule has 2 fully saturated rings. The van der Waals surface area contributed by atoms with Crippen LogP contribution in [0.4, 0.5) is 13.2 Å². The molecule has 1 saturated heterocycles. The summed E-state index contributed by atoms with van der Waals surface area (Å²) in [6.07, 6.45) is 9.20. The fourth-order valence-corrected chi connectivity index (χ4v) is 5.31. The van der Waals surface area contributed by atoms with E-state index in [0.29, 0.717) is 5.92 Å². The maximum Gasteiger partial charge on any atom is 0.434 e. The normalized spacial score (nSPS) is 20.4. The Morgan fingerprint density at radius 2 is 1.97 bits per heavy atom. The van der Waals surface area contributed by atoms with Crippen molar-refractivity contribution in [3.63, 3.8) is 0 Å². The van der Waals surface area contributed by atoms with Gasteiger partial charge in [0.2, 0.25) is 0 Å². The van der Waals surface area contributed by atoms with E-state index in [1.54, 1.807) is 28.7 Å². The molecular weight excluding hydrogens is 516 g/mol. The number of rotatable bonds is 4. The molecule has 170 valence electrons. The lowest BCUT2D eigenvalue weighted by Gasteiger charge is -2.38. The average molecular weight is 546 g/mol. The topological polar surface area (TPSA) is 35.0 Å². The third-order valence-electron chi connectivity index (χ3n) is 6.10. The van der Waals surface area contributed by atoms with Crippen LogP contribution in [0.15, 0.2) is 36.7 Å². The summed E-state index contributed by atoms with van der Waals surface area (Å²) in [6, 6.07) is 7.82. The van der Waals surface area contributed by atoms with Crippen LogP contribution in [0.2, 0.25) is 0 Å². The van der Waals surface area contributed by atoms with Gasteiger partial charge in [-0.2, -0.15) is 13.2 Å². The Labute approximate surface area is 196 Å². The number of alkyl halides is 3. The highest BCUT2D eigenvalue weighted by molar-refractivity contribution is 14.1. The molecule has 2 aromatic rings. The van der Waals surface area contributed by atoms with Gasteiger partial charge in [0.15, 0.2) is 5.69 Å². The van der Waals surface area contributed by atoms with E-state index in [1.807, 2.05) is 19.2 Å². The third kappa shape index (κ3) is 6.88. The maximum atomic E-state index is 12.4. The number of pyridine rings is 2. The molecule has 7 heteroatoms. The number of ether oxygens (including phenoxy) is 1. The number of unbranched alkanes of at least 4 members (excludes halogenated alkanes) is 1. The fraction of sp³-hybridized carbons (Fsp3) is 0.583. The molecule has 0 radical (unpaired) electrons. The minimum absolute atomic E-state index is 0.175. The number of hydrogen-bond acceptors (Lipinski definition) is 3. The van der Waals surface area contributed by atoms with Crippen LogP contribution in [-0.2, 0) is 17.3 Å². The van der Waals surface area contributed by atoms with Gasteiger partial charge in [0.1, 0.15) is 0 Å². The quantitative estimate of drug-likeness (QED) is 0.377. The van der Waals surface area contributed by atoms with E-state index in [1.165, 1.54) is 44.0 Å². The zero-order chi connectivity index (χ0) is 22.3. The van der Waals surface area contributed by atoms with Gasteiger partial charge in [0.05, 0.1) is 5.60 Å². The Bertz CT molecular complexity index is 823. The molecule has 3 nitrogen and oxygen atoms in total. The average Bonchev–Trinajstić information content (AvgIpc) is 3.20. The molecule has 31 heavy (non-hydrogen) atoms. The molecule has 0 aromatic carbocycles. The van der Waals surface area contributed by atoms with Crippen molar-refractivity contribution in [1.82, 2.24) is 9.97 Å². The van der Waals surface area contributed by atoms with Crippen LogP contribution < -0.4 is 0 Å². The van der Waals surface area contributed by atoms with Gasteiger partial charge in [-0.05, 0) is 84.9 Å². The first kappa shape index (κ1) is 24.4. The molecule has 4 rings (SSSR count). The van der Waals surface area contributed by atoms with Gasteiger partial charge in [0.25, 0.3) is 0 Å². The Hall–Kier alpha value is -1.22. The van der Waals surface area contributed by atoms with Crippen molar-refractivity contribution in [2.75, 3.05) is 6.61 Å². The van der Waals surface area contributed by atoms with Crippen LogP contribution in [0, 0.1) is 3.57 Å². The lowest BCUT2D eigenvalue weighted by molar-refractivity contribution is -0.141. The number of halogens is 4. The third-order valence-corrected chi connectivity index (χ3v) is 6.92.